The van der Waals surface area contributed by atoms with Gasteiger partial charge < -0.3 is 10.6 Å². The van der Waals surface area contributed by atoms with Crippen molar-refractivity contribution in [1.29, 1.82) is 0 Å². The van der Waals surface area contributed by atoms with E-state index in [0.29, 0.717) is 0 Å². The van der Waals surface area contributed by atoms with Crippen molar-refractivity contribution >= 4 is 11.6 Å². The Labute approximate surface area is 77.1 Å². The minimum absolute atomic E-state index is 0.00750. The van der Waals surface area contributed by atoms with Gasteiger partial charge in [0.05, 0.1) is 5.56 Å². The summed E-state index contributed by atoms with van der Waals surface area (Å²) in [6, 6.07) is 7.73. The summed E-state index contributed by atoms with van der Waals surface area (Å²) in [7, 11) is 0. The fourth-order valence-electron chi connectivity index (χ4n) is 1.45. The fourth-order valence-corrected chi connectivity index (χ4v) is 1.45. The lowest BCUT2D eigenvalue weighted by Gasteiger charge is -2.08. The highest BCUT2D eigenvalue weighted by Gasteiger charge is 2.17. The van der Waals surface area contributed by atoms with E-state index in [1.807, 2.05) is 31.2 Å². The molecule has 1 aliphatic rings. The van der Waals surface area contributed by atoms with Crippen LogP contribution in [0.4, 0.5) is 5.69 Å². The number of carbonyl (C=O) groups is 1. The third kappa shape index (κ3) is 1.49. The molecule has 13 heavy (non-hydrogen) atoms. The average Bonchev–Trinajstić information content (AvgIpc) is 2.27. The molecule has 0 aliphatic carbocycles. The molecule has 0 bridgehead atoms. The molecule has 1 heterocycles. The quantitative estimate of drug-likeness (QED) is 0.624. The third-order valence-electron chi connectivity index (χ3n) is 2.15. The van der Waals surface area contributed by atoms with Crippen molar-refractivity contribution in [1.82, 2.24) is 5.32 Å². The molecule has 1 unspecified atom stereocenters. The zero-order chi connectivity index (χ0) is 9.26. The molecule has 1 atom stereocenters. The van der Waals surface area contributed by atoms with Gasteiger partial charge in [-0.05, 0) is 19.1 Å². The van der Waals surface area contributed by atoms with Crippen molar-refractivity contribution in [3.63, 3.8) is 0 Å². The van der Waals surface area contributed by atoms with Crippen LogP contribution in [0.2, 0.25) is 0 Å². The van der Waals surface area contributed by atoms with Crippen LogP contribution >= 0.6 is 0 Å². The van der Waals surface area contributed by atoms with Crippen LogP contribution < -0.4 is 10.6 Å². The second-order valence-corrected chi connectivity index (χ2v) is 3.30. The van der Waals surface area contributed by atoms with Gasteiger partial charge in [-0.2, -0.15) is 0 Å². The van der Waals surface area contributed by atoms with Gasteiger partial charge in [-0.1, -0.05) is 12.1 Å². The van der Waals surface area contributed by atoms with Gasteiger partial charge in [-0.15, -0.1) is 0 Å². The Morgan fingerprint density at radius 2 is 2.15 bits per heavy atom. The van der Waals surface area contributed by atoms with E-state index in [0.717, 1.165) is 17.8 Å². The van der Waals surface area contributed by atoms with E-state index >= 15 is 0 Å². The Bertz CT molecular complexity index is 335. The number of fused-ring (bicyclic) bond motifs is 1. The normalized spacial score (nSPS) is 21.0. The van der Waals surface area contributed by atoms with Gasteiger partial charge in [-0.3, -0.25) is 4.79 Å². The van der Waals surface area contributed by atoms with Crippen LogP contribution in [0.3, 0.4) is 0 Å². The molecule has 2 rings (SSSR count). The van der Waals surface area contributed by atoms with Gasteiger partial charge in [0.25, 0.3) is 5.91 Å². The maximum atomic E-state index is 11.6. The van der Waals surface area contributed by atoms with E-state index in [-0.39, 0.29) is 11.9 Å². The van der Waals surface area contributed by atoms with Crippen molar-refractivity contribution in [2.45, 2.75) is 13.0 Å². The third-order valence-corrected chi connectivity index (χ3v) is 2.15. The molecule has 0 spiro atoms. The summed E-state index contributed by atoms with van der Waals surface area (Å²) < 4.78 is 0. The van der Waals surface area contributed by atoms with Crippen molar-refractivity contribution < 1.29 is 4.79 Å². The van der Waals surface area contributed by atoms with E-state index < -0.39 is 0 Å². The predicted molar refractivity (Wildman–Crippen MR) is 51.9 cm³/mol. The second kappa shape index (κ2) is 3.09. The summed E-state index contributed by atoms with van der Waals surface area (Å²) in [6.45, 7) is 2.76. The largest absolute Gasteiger partial charge is 0.382 e. The Balaban J connectivity index is 2.40. The molecule has 3 nitrogen and oxygen atoms in total. The molecule has 1 aliphatic heterocycles. The number of rotatable bonds is 0. The lowest BCUT2D eigenvalue weighted by Crippen LogP contribution is -2.34. The van der Waals surface area contributed by atoms with Crippen LogP contribution in [-0.2, 0) is 0 Å². The van der Waals surface area contributed by atoms with Crippen LogP contribution in [0, 0.1) is 0 Å². The Hall–Kier alpha value is -1.51. The fraction of sp³-hybridized carbons (Fsp3) is 0.300. The van der Waals surface area contributed by atoms with E-state index in [2.05, 4.69) is 10.6 Å². The first-order valence-corrected chi connectivity index (χ1v) is 4.41. The zero-order valence-corrected chi connectivity index (χ0v) is 7.50. The minimum Gasteiger partial charge on any atom is -0.382 e. The van der Waals surface area contributed by atoms with E-state index in [9.17, 15) is 4.79 Å². The molecule has 0 aromatic heterocycles. The summed E-state index contributed by atoms with van der Waals surface area (Å²) >= 11 is 0. The van der Waals surface area contributed by atoms with Crippen LogP contribution in [0.1, 0.15) is 17.3 Å². The number of para-hydroxylation sites is 1. The maximum absolute atomic E-state index is 11.6. The van der Waals surface area contributed by atoms with Crippen LogP contribution in [0.5, 0.6) is 0 Å². The highest BCUT2D eigenvalue weighted by atomic mass is 16.1. The first-order chi connectivity index (χ1) is 6.27. The maximum Gasteiger partial charge on any atom is 0.253 e. The lowest BCUT2D eigenvalue weighted by atomic mass is 10.2. The van der Waals surface area contributed by atoms with Crippen molar-refractivity contribution in [2.75, 3.05) is 11.9 Å². The molecule has 0 saturated heterocycles. The molecule has 2 N–H and O–H groups in total. The predicted octanol–water partition coefficient (Wildman–Crippen LogP) is 1.23. The van der Waals surface area contributed by atoms with Crippen molar-refractivity contribution in [3.05, 3.63) is 29.8 Å². The monoisotopic (exact) mass is 176 g/mol. The highest BCUT2D eigenvalue weighted by molar-refractivity contribution is 6.00. The number of hydrogen-bond acceptors (Lipinski definition) is 2. The Morgan fingerprint density at radius 3 is 3.00 bits per heavy atom. The number of nitrogens with one attached hydrogen (secondary N) is 2. The summed E-state index contributed by atoms with van der Waals surface area (Å²) in [5, 5.41) is 6.12. The number of benzene rings is 1. The SMILES string of the molecule is CC1CNc2ccccc2C(=O)N1. The van der Waals surface area contributed by atoms with Gasteiger partial charge >= 0.3 is 0 Å². The van der Waals surface area contributed by atoms with Crippen molar-refractivity contribution in [2.24, 2.45) is 0 Å². The average molecular weight is 176 g/mol. The lowest BCUT2D eigenvalue weighted by molar-refractivity contribution is 0.0945. The molecule has 1 aromatic rings. The topological polar surface area (TPSA) is 41.1 Å². The number of amides is 1. The van der Waals surface area contributed by atoms with Gasteiger partial charge in [0, 0.05) is 18.3 Å². The Kier molecular flexibility index (Phi) is 1.93. The second-order valence-electron chi connectivity index (χ2n) is 3.30. The van der Waals surface area contributed by atoms with Crippen LogP contribution in [0.25, 0.3) is 0 Å². The van der Waals surface area contributed by atoms with Gasteiger partial charge in [0.1, 0.15) is 0 Å². The molecule has 3 heteroatoms. The number of carbonyl (C=O) groups excluding carboxylic acids is 1. The molecular formula is C10H12N2O. The Morgan fingerprint density at radius 1 is 1.38 bits per heavy atom. The van der Waals surface area contributed by atoms with E-state index in [4.69, 9.17) is 0 Å². The first kappa shape index (κ1) is 8.10. The highest BCUT2D eigenvalue weighted by Crippen LogP contribution is 2.16. The summed E-state index contributed by atoms with van der Waals surface area (Å²) in [5.41, 5.74) is 1.65. The van der Waals surface area contributed by atoms with Crippen LogP contribution in [-0.4, -0.2) is 18.5 Å². The smallest absolute Gasteiger partial charge is 0.253 e. The van der Waals surface area contributed by atoms with Gasteiger partial charge in [0.15, 0.2) is 0 Å². The summed E-state index contributed by atoms with van der Waals surface area (Å²) in [4.78, 5) is 11.6. The van der Waals surface area contributed by atoms with E-state index in [1.165, 1.54) is 0 Å². The standard InChI is InChI=1S/C10H12N2O/c1-7-6-11-9-5-3-2-4-8(9)10(13)12-7/h2-5,7,11H,6H2,1H3,(H,12,13). The van der Waals surface area contributed by atoms with Crippen molar-refractivity contribution in [3.8, 4) is 0 Å². The number of anilines is 1. The molecule has 68 valence electrons. The first-order valence-electron chi connectivity index (χ1n) is 4.41. The van der Waals surface area contributed by atoms with E-state index in [1.54, 1.807) is 0 Å². The zero-order valence-electron chi connectivity index (χ0n) is 7.50. The number of hydrogen-bond donors (Lipinski definition) is 2. The molecule has 1 aromatic carbocycles. The summed E-state index contributed by atoms with van der Waals surface area (Å²) in [5.74, 6) is 0.00750. The molecule has 0 saturated carbocycles. The molecule has 0 fully saturated rings. The van der Waals surface area contributed by atoms with Gasteiger partial charge in [0.2, 0.25) is 0 Å². The summed E-state index contributed by atoms with van der Waals surface area (Å²) in [6.07, 6.45) is 0. The molecule has 0 radical (unpaired) electrons. The minimum atomic E-state index is 0.00750. The van der Waals surface area contributed by atoms with Gasteiger partial charge in [-0.25, -0.2) is 0 Å². The molecule has 1 amide bonds. The molecular weight excluding hydrogens is 164 g/mol. The van der Waals surface area contributed by atoms with Crippen LogP contribution in [0.15, 0.2) is 24.3 Å².